The Kier molecular flexibility index (Phi) is 7.62. The molecule has 0 fully saturated rings. The number of nitrogens with one attached hydrogen (secondary N) is 2. The van der Waals surface area contributed by atoms with Gasteiger partial charge in [0.25, 0.3) is 5.56 Å². The van der Waals surface area contributed by atoms with Crippen LogP contribution in [0.2, 0.25) is 0 Å². The van der Waals surface area contributed by atoms with Crippen LogP contribution < -0.4 is 25.4 Å². The van der Waals surface area contributed by atoms with Crippen molar-refractivity contribution in [3.63, 3.8) is 0 Å². The number of anilines is 2. The number of hydrogen-bond donors (Lipinski definition) is 2. The molecule has 0 spiro atoms. The van der Waals surface area contributed by atoms with E-state index < -0.39 is 5.41 Å². The number of aromatic nitrogens is 1. The van der Waals surface area contributed by atoms with Crippen LogP contribution in [-0.2, 0) is 16.1 Å². The largest absolute Gasteiger partial charge is 0.475 e. The van der Waals surface area contributed by atoms with Crippen molar-refractivity contribution < 1.29 is 9.53 Å². The van der Waals surface area contributed by atoms with Gasteiger partial charge in [0.05, 0.1) is 6.04 Å². The molecule has 1 atom stereocenters. The quantitative estimate of drug-likeness (QED) is 0.660. The fourth-order valence-electron chi connectivity index (χ4n) is 3.20. The minimum Gasteiger partial charge on any atom is -0.475 e. The highest BCUT2D eigenvalue weighted by Gasteiger charge is 2.26. The van der Waals surface area contributed by atoms with Crippen LogP contribution in [0.5, 0.6) is 0 Å². The number of hydrogen-bond acceptors (Lipinski definition) is 7. The van der Waals surface area contributed by atoms with Crippen LogP contribution in [0.15, 0.2) is 34.1 Å². The minimum atomic E-state index is -0.508. The molecule has 3 rings (SSSR count). The molecule has 1 aromatic carbocycles. The van der Waals surface area contributed by atoms with Gasteiger partial charge in [-0.05, 0) is 31.0 Å². The summed E-state index contributed by atoms with van der Waals surface area (Å²) in [5, 5.41) is 15.9. The predicted molar refractivity (Wildman–Crippen MR) is 137 cm³/mol. The number of carbonyl (C=O) groups excluding carboxylic acids is 1. The number of carbonyl (C=O) groups is 1. The van der Waals surface area contributed by atoms with Crippen LogP contribution in [0, 0.1) is 22.7 Å². The molecule has 2 aromatic rings. The Morgan fingerprint density at radius 1 is 1.38 bits per heavy atom. The van der Waals surface area contributed by atoms with Crippen LogP contribution in [0.25, 0.3) is 11.8 Å². The highest BCUT2D eigenvalue weighted by Crippen LogP contribution is 2.20. The molecule has 1 aliphatic rings. The van der Waals surface area contributed by atoms with E-state index in [1.807, 2.05) is 45.9 Å². The second-order valence-electron chi connectivity index (χ2n) is 9.44. The minimum absolute atomic E-state index is 0.00105. The molecule has 8 nitrogen and oxygen atoms in total. The smallest absolute Gasteiger partial charge is 0.270 e. The zero-order valence-corrected chi connectivity index (χ0v) is 21.2. The first-order chi connectivity index (χ1) is 16.0. The molecule has 0 aliphatic carbocycles. The van der Waals surface area contributed by atoms with Gasteiger partial charge in [-0.2, -0.15) is 5.26 Å². The lowest BCUT2D eigenvalue weighted by Crippen LogP contribution is -2.32. The lowest BCUT2D eigenvalue weighted by molar-refractivity contribution is -0.123. The van der Waals surface area contributed by atoms with Gasteiger partial charge < -0.3 is 15.4 Å². The third kappa shape index (κ3) is 5.57. The monoisotopic (exact) mass is 481 g/mol. The Hall–Kier alpha value is -3.38. The molecule has 2 N–H and O–H groups in total. The molecule has 1 amide bonds. The Balaban J connectivity index is 1.97. The Bertz CT molecular complexity index is 1320. The maximum atomic E-state index is 13.0. The summed E-state index contributed by atoms with van der Waals surface area (Å²) >= 11 is 1.22. The van der Waals surface area contributed by atoms with Crippen molar-refractivity contribution in [1.29, 1.82) is 5.26 Å². The normalized spacial score (nSPS) is 17.2. The van der Waals surface area contributed by atoms with Crippen LogP contribution in [-0.4, -0.2) is 29.0 Å². The number of benzene rings is 1. The third-order valence-electron chi connectivity index (χ3n) is 5.38. The van der Waals surface area contributed by atoms with Gasteiger partial charge in [0.15, 0.2) is 0 Å². The molecule has 0 unspecified atom stereocenters. The molecule has 1 aromatic heterocycles. The standard InChI is InChI=1S/C25H31N5O3S/c1-7-30-22(31)20(34-23(30)18(12-26)21-29-19(14-33-21)15(2)3)13-27-16-9-8-10-17(11-16)28-24(32)25(4,5)6/h8-11,13,15,19,27H,7,14H2,1-6H3,(H,28,32)/t19-/m1/s1. The fraction of sp³-hybridized carbons (Fsp3) is 0.440. The van der Waals surface area contributed by atoms with E-state index in [2.05, 4.69) is 35.5 Å². The number of ether oxygens (including phenoxy) is 1. The van der Waals surface area contributed by atoms with Gasteiger partial charge in [-0.15, -0.1) is 11.3 Å². The molecular weight excluding hydrogens is 450 g/mol. The van der Waals surface area contributed by atoms with Gasteiger partial charge in [-0.1, -0.05) is 40.7 Å². The summed E-state index contributed by atoms with van der Waals surface area (Å²) < 4.78 is 8.24. The topological polar surface area (TPSA) is 109 Å². The molecule has 180 valence electrons. The van der Waals surface area contributed by atoms with E-state index in [4.69, 9.17) is 4.74 Å². The lowest BCUT2D eigenvalue weighted by atomic mass is 9.95. The highest BCUT2D eigenvalue weighted by molar-refractivity contribution is 7.07. The number of thiazole rings is 1. The summed E-state index contributed by atoms with van der Waals surface area (Å²) in [6, 6.07) is 9.45. The van der Waals surface area contributed by atoms with Crippen molar-refractivity contribution in [2.75, 3.05) is 17.2 Å². The SMILES string of the molecule is CCn1c(=C(C#N)C2=N[C@@H](C(C)C)CO2)sc(=CNc2cccc(NC(=O)C(C)(C)C)c2)c1=O. The average Bonchev–Trinajstić information content (AvgIpc) is 3.38. The van der Waals surface area contributed by atoms with Crippen LogP contribution in [0.4, 0.5) is 11.4 Å². The van der Waals surface area contributed by atoms with E-state index in [-0.39, 0.29) is 23.1 Å². The van der Waals surface area contributed by atoms with Gasteiger partial charge in [-0.25, -0.2) is 4.99 Å². The first-order valence-corrected chi connectivity index (χ1v) is 12.1. The van der Waals surface area contributed by atoms with E-state index >= 15 is 0 Å². The molecule has 0 saturated heterocycles. The van der Waals surface area contributed by atoms with Crippen molar-refractivity contribution in [2.45, 2.75) is 54.1 Å². The zero-order chi connectivity index (χ0) is 25.0. The molecule has 2 heterocycles. The molecule has 0 bridgehead atoms. The second kappa shape index (κ2) is 10.3. The molecule has 0 radical (unpaired) electrons. The first kappa shape index (κ1) is 25.2. The van der Waals surface area contributed by atoms with Crippen molar-refractivity contribution in [3.8, 4) is 6.07 Å². The van der Waals surface area contributed by atoms with E-state index in [0.717, 1.165) is 5.69 Å². The van der Waals surface area contributed by atoms with Gasteiger partial charge in [0.2, 0.25) is 11.8 Å². The van der Waals surface area contributed by atoms with Crippen molar-refractivity contribution in [2.24, 2.45) is 16.3 Å². The van der Waals surface area contributed by atoms with Crippen LogP contribution in [0.1, 0.15) is 41.5 Å². The van der Waals surface area contributed by atoms with Crippen molar-refractivity contribution >= 4 is 46.3 Å². The molecule has 1 aliphatic heterocycles. The average molecular weight is 482 g/mol. The lowest BCUT2D eigenvalue weighted by Gasteiger charge is -2.18. The summed E-state index contributed by atoms with van der Waals surface area (Å²) in [7, 11) is 0. The van der Waals surface area contributed by atoms with Gasteiger partial charge in [-0.3, -0.25) is 14.2 Å². The van der Waals surface area contributed by atoms with Gasteiger partial charge >= 0.3 is 0 Å². The Morgan fingerprint density at radius 3 is 2.68 bits per heavy atom. The third-order valence-corrected chi connectivity index (χ3v) is 6.51. The first-order valence-electron chi connectivity index (χ1n) is 11.3. The number of nitrogens with zero attached hydrogens (tertiary/aromatic N) is 3. The van der Waals surface area contributed by atoms with E-state index in [9.17, 15) is 14.9 Å². The summed E-state index contributed by atoms with van der Waals surface area (Å²) in [5.41, 5.74) is 0.952. The number of nitriles is 1. The Morgan fingerprint density at radius 2 is 2.09 bits per heavy atom. The predicted octanol–water partition coefficient (Wildman–Crippen LogP) is 2.89. The fourth-order valence-corrected chi connectivity index (χ4v) is 4.28. The summed E-state index contributed by atoms with van der Waals surface area (Å²) in [4.78, 5) is 29.8. The number of amides is 1. The molecule has 34 heavy (non-hydrogen) atoms. The summed E-state index contributed by atoms with van der Waals surface area (Å²) in [5.74, 6) is 0.510. The number of rotatable bonds is 6. The van der Waals surface area contributed by atoms with E-state index in [1.165, 1.54) is 11.3 Å². The van der Waals surface area contributed by atoms with Crippen LogP contribution in [0.3, 0.4) is 0 Å². The van der Waals surface area contributed by atoms with Gasteiger partial charge in [0.1, 0.15) is 27.4 Å². The van der Waals surface area contributed by atoms with Crippen molar-refractivity contribution in [1.82, 2.24) is 4.57 Å². The molecular formula is C25H31N5O3S. The maximum absolute atomic E-state index is 13.0. The summed E-state index contributed by atoms with van der Waals surface area (Å²) in [6.45, 7) is 12.4. The maximum Gasteiger partial charge on any atom is 0.270 e. The molecule has 0 saturated carbocycles. The number of aliphatic imine (C=N–C) groups is 1. The summed E-state index contributed by atoms with van der Waals surface area (Å²) in [6.07, 6.45) is 1.62. The van der Waals surface area contributed by atoms with Gasteiger partial charge in [0, 0.05) is 29.5 Å². The van der Waals surface area contributed by atoms with Crippen LogP contribution >= 0.6 is 11.3 Å². The van der Waals surface area contributed by atoms with Crippen molar-refractivity contribution in [3.05, 3.63) is 43.8 Å². The zero-order valence-electron chi connectivity index (χ0n) is 20.4. The molecule has 9 heteroatoms. The van der Waals surface area contributed by atoms with E-state index in [1.54, 1.807) is 16.8 Å². The van der Waals surface area contributed by atoms with E-state index in [0.29, 0.717) is 39.8 Å². The second-order valence-corrected chi connectivity index (χ2v) is 10.5. The highest BCUT2D eigenvalue weighted by atomic mass is 32.1. The Labute approximate surface area is 203 Å².